The number of amides is 1. The minimum absolute atomic E-state index is 0.101. The minimum Gasteiger partial charge on any atom is -0.466 e. The summed E-state index contributed by atoms with van der Waals surface area (Å²) in [5.41, 5.74) is -0.478. The largest absolute Gasteiger partial charge is 0.466 e. The lowest BCUT2D eigenvalue weighted by molar-refractivity contribution is -0.164. The van der Waals surface area contributed by atoms with Gasteiger partial charge in [0.2, 0.25) is 5.91 Å². The molecule has 2 saturated heterocycles. The van der Waals surface area contributed by atoms with Gasteiger partial charge in [0.1, 0.15) is 0 Å². The number of piperidine rings is 1. The molecule has 2 aliphatic heterocycles. The van der Waals surface area contributed by atoms with Gasteiger partial charge >= 0.3 is 5.97 Å². The molecule has 2 fully saturated rings. The predicted molar refractivity (Wildman–Crippen MR) is 96.1 cm³/mol. The van der Waals surface area contributed by atoms with Gasteiger partial charge in [0.05, 0.1) is 18.1 Å². The van der Waals surface area contributed by atoms with Gasteiger partial charge in [0, 0.05) is 31.9 Å². The van der Waals surface area contributed by atoms with Crippen LogP contribution in [-0.4, -0.2) is 61.2 Å². The van der Waals surface area contributed by atoms with Crippen LogP contribution in [0.3, 0.4) is 0 Å². The quantitative estimate of drug-likeness (QED) is 0.656. The Bertz CT molecular complexity index is 415. The standard InChI is InChI=1S/C18H31NO4S/c1-3-22-17(21)18(14-15-6-4-5-12-23-15)8-10-19(11-9-18)16(20)7-13-24-2/h15H,3-14H2,1-2H3. The summed E-state index contributed by atoms with van der Waals surface area (Å²) in [6.07, 6.45) is 8.17. The normalized spacial score (nSPS) is 23.8. The van der Waals surface area contributed by atoms with Gasteiger partial charge < -0.3 is 14.4 Å². The fourth-order valence-electron chi connectivity index (χ4n) is 3.71. The smallest absolute Gasteiger partial charge is 0.312 e. The van der Waals surface area contributed by atoms with E-state index in [1.807, 2.05) is 18.1 Å². The SMILES string of the molecule is CCOC(=O)C1(CC2CCCCO2)CCN(C(=O)CCSC)CC1. The summed E-state index contributed by atoms with van der Waals surface area (Å²) in [6.45, 7) is 4.35. The molecule has 5 nitrogen and oxygen atoms in total. The third-order valence-electron chi connectivity index (χ3n) is 5.19. The van der Waals surface area contributed by atoms with Gasteiger partial charge in [-0.3, -0.25) is 9.59 Å². The van der Waals surface area contributed by atoms with E-state index in [-0.39, 0.29) is 18.0 Å². The van der Waals surface area contributed by atoms with Gasteiger partial charge in [0.15, 0.2) is 0 Å². The van der Waals surface area contributed by atoms with Crippen molar-refractivity contribution >= 4 is 23.6 Å². The number of ether oxygens (including phenoxy) is 2. The highest BCUT2D eigenvalue weighted by atomic mass is 32.2. The maximum absolute atomic E-state index is 12.7. The maximum atomic E-state index is 12.7. The molecule has 2 heterocycles. The zero-order chi connectivity index (χ0) is 17.4. The summed E-state index contributed by atoms with van der Waals surface area (Å²) in [7, 11) is 0. The van der Waals surface area contributed by atoms with Gasteiger partial charge in [-0.2, -0.15) is 11.8 Å². The number of carbonyl (C=O) groups is 2. The Labute approximate surface area is 149 Å². The Morgan fingerprint density at radius 3 is 2.62 bits per heavy atom. The van der Waals surface area contributed by atoms with E-state index < -0.39 is 5.41 Å². The molecule has 0 spiro atoms. The fraction of sp³-hybridized carbons (Fsp3) is 0.889. The predicted octanol–water partition coefficient (Wildman–Crippen LogP) is 2.87. The van der Waals surface area contributed by atoms with Crippen LogP contribution in [-0.2, 0) is 19.1 Å². The Morgan fingerprint density at radius 1 is 1.29 bits per heavy atom. The summed E-state index contributed by atoms with van der Waals surface area (Å²) in [4.78, 5) is 26.8. The zero-order valence-corrected chi connectivity index (χ0v) is 15.9. The van der Waals surface area contributed by atoms with Crippen molar-refractivity contribution in [2.75, 3.05) is 38.3 Å². The second kappa shape index (κ2) is 9.66. The molecule has 2 aliphatic rings. The van der Waals surface area contributed by atoms with Crippen molar-refractivity contribution in [3.8, 4) is 0 Å². The molecule has 0 saturated carbocycles. The van der Waals surface area contributed by atoms with Gasteiger partial charge in [0.25, 0.3) is 0 Å². The molecule has 1 atom stereocenters. The van der Waals surface area contributed by atoms with E-state index >= 15 is 0 Å². The van der Waals surface area contributed by atoms with Crippen LogP contribution in [0.4, 0.5) is 0 Å². The highest BCUT2D eigenvalue weighted by Crippen LogP contribution is 2.40. The summed E-state index contributed by atoms with van der Waals surface area (Å²) < 4.78 is 11.3. The Morgan fingerprint density at radius 2 is 2.04 bits per heavy atom. The Hall–Kier alpha value is -0.750. The van der Waals surface area contributed by atoms with Crippen LogP contribution in [0.15, 0.2) is 0 Å². The second-order valence-corrected chi connectivity index (χ2v) is 7.80. The van der Waals surface area contributed by atoms with E-state index in [1.165, 1.54) is 6.42 Å². The Kier molecular flexibility index (Phi) is 7.88. The van der Waals surface area contributed by atoms with Crippen molar-refractivity contribution in [3.63, 3.8) is 0 Å². The summed E-state index contributed by atoms with van der Waals surface area (Å²) >= 11 is 1.69. The lowest BCUT2D eigenvalue weighted by atomic mass is 9.73. The van der Waals surface area contributed by atoms with E-state index in [0.717, 1.165) is 31.6 Å². The van der Waals surface area contributed by atoms with Crippen LogP contribution >= 0.6 is 11.8 Å². The third-order valence-corrected chi connectivity index (χ3v) is 5.81. The maximum Gasteiger partial charge on any atom is 0.312 e. The molecule has 0 N–H and O–H groups in total. The first-order valence-electron chi connectivity index (χ1n) is 9.17. The second-order valence-electron chi connectivity index (χ2n) is 6.82. The highest BCUT2D eigenvalue weighted by molar-refractivity contribution is 7.98. The minimum atomic E-state index is -0.478. The van der Waals surface area contributed by atoms with Crippen LogP contribution in [0.1, 0.15) is 51.9 Å². The van der Waals surface area contributed by atoms with Crippen LogP contribution in [0.25, 0.3) is 0 Å². The molecule has 0 aromatic rings. The molecule has 1 amide bonds. The third kappa shape index (κ3) is 5.12. The first-order chi connectivity index (χ1) is 11.6. The van der Waals surface area contributed by atoms with E-state index in [1.54, 1.807) is 11.8 Å². The first kappa shape index (κ1) is 19.6. The molecular formula is C18H31NO4S. The average Bonchev–Trinajstić information content (AvgIpc) is 2.61. The summed E-state index contributed by atoms with van der Waals surface area (Å²) in [5, 5.41) is 0. The number of nitrogens with zero attached hydrogens (tertiary/aromatic N) is 1. The van der Waals surface area contributed by atoms with E-state index in [4.69, 9.17) is 9.47 Å². The van der Waals surface area contributed by atoms with Crippen molar-refractivity contribution in [3.05, 3.63) is 0 Å². The highest BCUT2D eigenvalue weighted by Gasteiger charge is 2.45. The van der Waals surface area contributed by atoms with Crippen molar-refractivity contribution in [1.29, 1.82) is 0 Å². The molecule has 0 aromatic heterocycles. The van der Waals surface area contributed by atoms with Gasteiger partial charge in [-0.05, 0) is 51.7 Å². The van der Waals surface area contributed by atoms with Crippen molar-refractivity contribution in [2.24, 2.45) is 5.41 Å². The van der Waals surface area contributed by atoms with E-state index in [0.29, 0.717) is 39.0 Å². The summed E-state index contributed by atoms with van der Waals surface area (Å²) in [5.74, 6) is 0.958. The van der Waals surface area contributed by atoms with Crippen LogP contribution in [0.5, 0.6) is 0 Å². The van der Waals surface area contributed by atoms with Crippen LogP contribution in [0.2, 0.25) is 0 Å². The van der Waals surface area contributed by atoms with Crippen LogP contribution in [0, 0.1) is 5.41 Å². The lowest BCUT2D eigenvalue weighted by Gasteiger charge is -2.42. The molecule has 24 heavy (non-hydrogen) atoms. The number of esters is 1. The molecule has 138 valence electrons. The number of rotatable bonds is 7. The summed E-state index contributed by atoms with van der Waals surface area (Å²) in [6, 6.07) is 0. The first-order valence-corrected chi connectivity index (χ1v) is 10.6. The molecule has 0 radical (unpaired) electrons. The lowest BCUT2D eigenvalue weighted by Crippen LogP contribution is -2.49. The number of likely N-dealkylation sites (tertiary alicyclic amines) is 1. The van der Waals surface area contributed by atoms with Crippen LogP contribution < -0.4 is 0 Å². The monoisotopic (exact) mass is 357 g/mol. The van der Waals surface area contributed by atoms with Crippen molar-refractivity contribution < 1.29 is 19.1 Å². The average molecular weight is 358 g/mol. The van der Waals surface area contributed by atoms with E-state index in [2.05, 4.69) is 0 Å². The molecule has 0 bridgehead atoms. The number of thioether (sulfide) groups is 1. The zero-order valence-electron chi connectivity index (χ0n) is 15.1. The van der Waals surface area contributed by atoms with Crippen molar-refractivity contribution in [2.45, 2.75) is 58.0 Å². The van der Waals surface area contributed by atoms with E-state index in [9.17, 15) is 9.59 Å². The number of hydrogen-bond donors (Lipinski definition) is 0. The number of hydrogen-bond acceptors (Lipinski definition) is 5. The molecule has 0 aliphatic carbocycles. The van der Waals surface area contributed by atoms with Gasteiger partial charge in [-0.25, -0.2) is 0 Å². The van der Waals surface area contributed by atoms with Gasteiger partial charge in [-0.1, -0.05) is 0 Å². The van der Waals surface area contributed by atoms with Crippen molar-refractivity contribution in [1.82, 2.24) is 4.90 Å². The molecule has 6 heteroatoms. The molecule has 0 aromatic carbocycles. The fourth-order valence-corrected chi connectivity index (χ4v) is 4.09. The Balaban J connectivity index is 1.98. The topological polar surface area (TPSA) is 55.8 Å². The number of carbonyl (C=O) groups excluding carboxylic acids is 2. The molecule has 1 unspecified atom stereocenters. The molecular weight excluding hydrogens is 326 g/mol. The molecule has 2 rings (SSSR count). The van der Waals surface area contributed by atoms with Gasteiger partial charge in [-0.15, -0.1) is 0 Å².